The number of amides is 2. The lowest BCUT2D eigenvalue weighted by Gasteiger charge is -2.26. The zero-order valence-corrected chi connectivity index (χ0v) is 19.1. The van der Waals surface area contributed by atoms with E-state index in [4.69, 9.17) is 4.74 Å². The summed E-state index contributed by atoms with van der Waals surface area (Å²) in [5.41, 5.74) is 2.81. The number of carbonyl (C=O) groups is 2. The van der Waals surface area contributed by atoms with E-state index in [-0.39, 0.29) is 23.9 Å². The monoisotopic (exact) mass is 449 g/mol. The number of nitrogens with one attached hydrogen (secondary N) is 2. The van der Waals surface area contributed by atoms with Crippen molar-refractivity contribution in [3.8, 4) is 16.3 Å². The summed E-state index contributed by atoms with van der Waals surface area (Å²) in [6, 6.07) is 13.0. The lowest BCUT2D eigenvalue weighted by molar-refractivity contribution is 0.0917. The van der Waals surface area contributed by atoms with Gasteiger partial charge in [-0.15, -0.1) is 11.3 Å². The minimum Gasteiger partial charge on any atom is -0.493 e. The molecular weight excluding hydrogens is 422 g/mol. The molecule has 3 aromatic rings. The second-order valence-corrected chi connectivity index (χ2v) is 8.80. The fourth-order valence-electron chi connectivity index (χ4n) is 3.62. The van der Waals surface area contributed by atoms with E-state index in [0.29, 0.717) is 23.5 Å². The molecule has 0 spiro atoms. The summed E-state index contributed by atoms with van der Waals surface area (Å²) in [7, 11) is 0. The number of nitrogens with zero attached hydrogens (tertiary/aromatic N) is 1. The maximum atomic E-state index is 13.2. The molecule has 166 valence electrons. The molecule has 1 atom stereocenters. The molecule has 0 saturated heterocycles. The number of aromatic nitrogens is 1. The van der Waals surface area contributed by atoms with Gasteiger partial charge in [0.25, 0.3) is 11.8 Å². The maximum Gasteiger partial charge on any atom is 0.255 e. The van der Waals surface area contributed by atoms with Crippen LogP contribution in [0.3, 0.4) is 0 Å². The lowest BCUT2D eigenvalue weighted by atomic mass is 9.93. The van der Waals surface area contributed by atoms with Crippen LogP contribution >= 0.6 is 11.3 Å². The summed E-state index contributed by atoms with van der Waals surface area (Å²) in [4.78, 5) is 30.1. The quantitative estimate of drug-likeness (QED) is 0.508. The Kier molecular flexibility index (Phi) is 6.85. The fourth-order valence-corrected chi connectivity index (χ4v) is 4.25. The van der Waals surface area contributed by atoms with Crippen LogP contribution in [0.15, 0.2) is 54.0 Å². The Balaban J connectivity index is 1.52. The summed E-state index contributed by atoms with van der Waals surface area (Å²) in [6.45, 7) is 4.23. The molecule has 6 nitrogen and oxygen atoms in total. The second-order valence-electron chi connectivity index (χ2n) is 7.90. The number of rotatable bonds is 8. The number of benzene rings is 2. The Morgan fingerprint density at radius 3 is 2.72 bits per heavy atom. The third kappa shape index (κ3) is 4.99. The number of carbonyl (C=O) groups excluding carboxylic acids is 2. The molecule has 1 heterocycles. The van der Waals surface area contributed by atoms with E-state index in [1.165, 1.54) is 0 Å². The highest BCUT2D eigenvalue weighted by Crippen LogP contribution is 2.26. The highest BCUT2D eigenvalue weighted by molar-refractivity contribution is 7.13. The molecule has 4 rings (SSSR count). The largest absolute Gasteiger partial charge is 0.493 e. The molecule has 32 heavy (non-hydrogen) atoms. The van der Waals surface area contributed by atoms with Gasteiger partial charge in [-0.05, 0) is 62.9 Å². The number of hydrogen-bond donors (Lipinski definition) is 2. The SMILES string of the molecule is CCOc1ccc(C(=O)NC2CCC2)cc1C(=O)NC(C)c1cccc(-c2nccs2)c1. The Labute approximate surface area is 192 Å². The predicted octanol–water partition coefficient (Wildman–Crippen LogP) is 4.98. The standard InChI is InChI=1S/C25H27N3O3S/c1-3-31-22-11-10-18(23(29)28-20-8-5-9-20)15-21(22)24(30)27-16(2)17-6-4-7-19(14-17)25-26-12-13-32-25/h4,6-7,10-16,20H,3,5,8-9H2,1-2H3,(H,27,30)(H,28,29). The maximum absolute atomic E-state index is 13.2. The molecule has 1 fully saturated rings. The van der Waals surface area contributed by atoms with Crippen LogP contribution in [0, 0.1) is 0 Å². The average Bonchev–Trinajstić information content (AvgIpc) is 3.31. The highest BCUT2D eigenvalue weighted by atomic mass is 32.1. The predicted molar refractivity (Wildman–Crippen MR) is 126 cm³/mol. The van der Waals surface area contributed by atoms with Gasteiger partial charge in [0.05, 0.1) is 18.2 Å². The van der Waals surface area contributed by atoms with E-state index in [2.05, 4.69) is 15.6 Å². The fraction of sp³-hybridized carbons (Fsp3) is 0.320. The van der Waals surface area contributed by atoms with Gasteiger partial charge in [-0.25, -0.2) is 4.98 Å². The van der Waals surface area contributed by atoms with E-state index >= 15 is 0 Å². The summed E-state index contributed by atoms with van der Waals surface area (Å²) in [5, 5.41) is 8.95. The first kappa shape index (κ1) is 22.0. The zero-order chi connectivity index (χ0) is 22.5. The van der Waals surface area contributed by atoms with Crippen molar-refractivity contribution in [3.05, 3.63) is 70.7 Å². The Hall–Kier alpha value is -3.19. The first-order valence-corrected chi connectivity index (χ1v) is 11.8. The van der Waals surface area contributed by atoms with Crippen molar-refractivity contribution in [2.45, 2.75) is 45.2 Å². The Morgan fingerprint density at radius 1 is 1.19 bits per heavy atom. The van der Waals surface area contributed by atoms with Crippen molar-refractivity contribution >= 4 is 23.2 Å². The van der Waals surface area contributed by atoms with Gasteiger partial charge in [-0.1, -0.05) is 18.2 Å². The minimum absolute atomic E-state index is 0.156. The van der Waals surface area contributed by atoms with Crippen LogP contribution < -0.4 is 15.4 Å². The lowest BCUT2D eigenvalue weighted by Crippen LogP contribution is -2.39. The molecule has 1 saturated carbocycles. The van der Waals surface area contributed by atoms with Gasteiger partial charge >= 0.3 is 0 Å². The first-order chi connectivity index (χ1) is 15.5. The molecule has 7 heteroatoms. The highest BCUT2D eigenvalue weighted by Gasteiger charge is 2.22. The number of ether oxygens (including phenoxy) is 1. The molecule has 2 N–H and O–H groups in total. The first-order valence-electron chi connectivity index (χ1n) is 10.9. The van der Waals surface area contributed by atoms with Gasteiger partial charge in [-0.2, -0.15) is 0 Å². The van der Waals surface area contributed by atoms with E-state index in [0.717, 1.165) is 35.4 Å². The van der Waals surface area contributed by atoms with Crippen LogP contribution in [0.1, 0.15) is 65.4 Å². The summed E-state index contributed by atoms with van der Waals surface area (Å²) in [5.74, 6) is 0.0313. The van der Waals surface area contributed by atoms with E-state index in [1.807, 2.05) is 43.5 Å². The molecule has 0 aliphatic heterocycles. The molecule has 2 aromatic carbocycles. The van der Waals surface area contributed by atoms with Crippen LogP contribution in [-0.2, 0) is 0 Å². The van der Waals surface area contributed by atoms with Gasteiger partial charge in [0.1, 0.15) is 10.8 Å². The third-order valence-electron chi connectivity index (χ3n) is 5.64. The molecule has 0 bridgehead atoms. The van der Waals surface area contributed by atoms with Crippen LogP contribution in [-0.4, -0.2) is 29.4 Å². The average molecular weight is 450 g/mol. The van der Waals surface area contributed by atoms with Crippen LogP contribution in [0.4, 0.5) is 0 Å². The van der Waals surface area contributed by atoms with Crippen LogP contribution in [0.25, 0.3) is 10.6 Å². The molecule has 1 aromatic heterocycles. The van der Waals surface area contributed by atoms with Gasteiger partial charge < -0.3 is 15.4 Å². The molecule has 1 aliphatic rings. The second kappa shape index (κ2) is 9.96. The van der Waals surface area contributed by atoms with Gasteiger partial charge in [0.2, 0.25) is 0 Å². The van der Waals surface area contributed by atoms with Crippen molar-refractivity contribution in [1.29, 1.82) is 0 Å². The summed E-state index contributed by atoms with van der Waals surface area (Å²) < 4.78 is 5.66. The molecule has 2 amide bonds. The smallest absolute Gasteiger partial charge is 0.255 e. The van der Waals surface area contributed by atoms with Gasteiger partial charge in [-0.3, -0.25) is 9.59 Å². The van der Waals surface area contributed by atoms with E-state index < -0.39 is 0 Å². The Morgan fingerprint density at radius 2 is 2.03 bits per heavy atom. The zero-order valence-electron chi connectivity index (χ0n) is 18.3. The molecular formula is C25H27N3O3S. The summed E-state index contributed by atoms with van der Waals surface area (Å²) in [6.07, 6.45) is 4.94. The molecule has 1 unspecified atom stereocenters. The van der Waals surface area contributed by atoms with Gasteiger partial charge in [0.15, 0.2) is 0 Å². The number of thiazole rings is 1. The Bertz CT molecular complexity index is 1090. The van der Waals surface area contributed by atoms with Crippen LogP contribution in [0.5, 0.6) is 5.75 Å². The minimum atomic E-state index is -0.279. The van der Waals surface area contributed by atoms with Crippen molar-refractivity contribution in [2.75, 3.05) is 6.61 Å². The topological polar surface area (TPSA) is 80.3 Å². The number of hydrogen-bond acceptors (Lipinski definition) is 5. The third-order valence-corrected chi connectivity index (χ3v) is 6.46. The van der Waals surface area contributed by atoms with Crippen molar-refractivity contribution in [2.24, 2.45) is 0 Å². The van der Waals surface area contributed by atoms with Crippen molar-refractivity contribution < 1.29 is 14.3 Å². The van der Waals surface area contributed by atoms with Gasteiger partial charge in [0, 0.05) is 28.7 Å². The van der Waals surface area contributed by atoms with Crippen LogP contribution in [0.2, 0.25) is 0 Å². The van der Waals surface area contributed by atoms with Crippen molar-refractivity contribution in [1.82, 2.24) is 15.6 Å². The summed E-state index contributed by atoms with van der Waals surface area (Å²) >= 11 is 1.58. The normalized spacial score (nSPS) is 14.3. The van der Waals surface area contributed by atoms with E-state index in [1.54, 1.807) is 35.7 Å². The molecule has 0 radical (unpaired) electrons. The van der Waals surface area contributed by atoms with Crippen molar-refractivity contribution in [3.63, 3.8) is 0 Å². The van der Waals surface area contributed by atoms with E-state index in [9.17, 15) is 9.59 Å². The molecule has 1 aliphatic carbocycles.